The van der Waals surface area contributed by atoms with Crippen LogP contribution in [0.15, 0.2) is 65.8 Å². The molecule has 0 amide bonds. The Morgan fingerprint density at radius 3 is 2.32 bits per heavy atom. The molecule has 94 valence electrons. The van der Waals surface area contributed by atoms with E-state index >= 15 is 0 Å². The number of benzene rings is 2. The summed E-state index contributed by atoms with van der Waals surface area (Å²) in [5.41, 5.74) is 2.50. The fourth-order valence-electron chi connectivity index (χ4n) is 2.11. The van der Waals surface area contributed by atoms with Crippen molar-refractivity contribution in [3.63, 3.8) is 0 Å². The molecule has 1 unspecified atom stereocenters. The Morgan fingerprint density at radius 2 is 1.63 bits per heavy atom. The molecule has 3 nitrogen and oxygen atoms in total. The average Bonchev–Trinajstić information content (AvgIpc) is 2.98. The summed E-state index contributed by atoms with van der Waals surface area (Å²) in [5, 5.41) is 4.03. The number of hydrogen-bond acceptors (Lipinski definition) is 3. The third-order valence-corrected chi connectivity index (χ3v) is 3.13. The van der Waals surface area contributed by atoms with Gasteiger partial charge in [0, 0.05) is 12.0 Å². The van der Waals surface area contributed by atoms with Crippen LogP contribution < -0.4 is 0 Å². The van der Waals surface area contributed by atoms with Crippen LogP contribution in [0.3, 0.4) is 0 Å². The predicted molar refractivity (Wildman–Crippen MR) is 73.2 cm³/mol. The highest BCUT2D eigenvalue weighted by atomic mass is 16.6. The molecule has 0 fully saturated rings. The third-order valence-electron chi connectivity index (χ3n) is 3.13. The molecule has 1 atom stereocenters. The predicted octanol–water partition coefficient (Wildman–Crippen LogP) is 3.06. The lowest BCUT2D eigenvalue weighted by Gasteiger charge is -2.06. The van der Waals surface area contributed by atoms with Gasteiger partial charge in [0.25, 0.3) is 0 Å². The summed E-state index contributed by atoms with van der Waals surface area (Å²) < 4.78 is 0. The van der Waals surface area contributed by atoms with E-state index in [0.29, 0.717) is 12.0 Å². The van der Waals surface area contributed by atoms with Crippen molar-refractivity contribution in [2.45, 2.75) is 12.5 Å². The first-order chi connectivity index (χ1) is 9.34. The van der Waals surface area contributed by atoms with E-state index in [9.17, 15) is 4.79 Å². The number of hydrogen-bond donors (Lipinski definition) is 0. The van der Waals surface area contributed by atoms with Gasteiger partial charge in [-0.15, -0.1) is 0 Å². The maximum atomic E-state index is 12.2. The molecule has 0 aromatic heterocycles. The molecule has 0 aliphatic carbocycles. The maximum Gasteiger partial charge on any atom is 0.206 e. The van der Waals surface area contributed by atoms with Crippen LogP contribution in [0.2, 0.25) is 0 Å². The molecule has 0 radical (unpaired) electrons. The van der Waals surface area contributed by atoms with E-state index in [1.165, 1.54) is 0 Å². The number of carbonyl (C=O) groups is 1. The second-order valence-electron chi connectivity index (χ2n) is 4.43. The van der Waals surface area contributed by atoms with Crippen molar-refractivity contribution in [2.24, 2.45) is 5.16 Å². The molecule has 0 bridgehead atoms. The number of nitrogens with zero attached hydrogens (tertiary/aromatic N) is 1. The number of oxime groups is 1. The lowest BCUT2D eigenvalue weighted by atomic mass is 9.99. The van der Waals surface area contributed by atoms with Crippen LogP contribution in [0.4, 0.5) is 0 Å². The fourth-order valence-corrected chi connectivity index (χ4v) is 2.11. The number of rotatable bonds is 3. The van der Waals surface area contributed by atoms with Crippen LogP contribution in [-0.2, 0) is 4.84 Å². The molecule has 2 aromatic carbocycles. The molecule has 1 heterocycles. The van der Waals surface area contributed by atoms with E-state index in [1.54, 1.807) is 12.1 Å². The van der Waals surface area contributed by atoms with Gasteiger partial charge in [0.15, 0.2) is 6.10 Å². The Kier molecular flexibility index (Phi) is 3.11. The van der Waals surface area contributed by atoms with Gasteiger partial charge in [-0.25, -0.2) is 0 Å². The minimum absolute atomic E-state index is 0.0183. The van der Waals surface area contributed by atoms with Gasteiger partial charge >= 0.3 is 0 Å². The minimum atomic E-state index is -0.502. The quantitative estimate of drug-likeness (QED) is 0.786. The Balaban J connectivity index is 1.73. The summed E-state index contributed by atoms with van der Waals surface area (Å²) in [5.74, 6) is -0.0183. The summed E-state index contributed by atoms with van der Waals surface area (Å²) in [6, 6.07) is 19.0. The molecule has 3 rings (SSSR count). The van der Waals surface area contributed by atoms with Gasteiger partial charge in [0.1, 0.15) is 0 Å². The molecular weight excluding hydrogens is 238 g/mol. The van der Waals surface area contributed by atoms with Gasteiger partial charge in [0.2, 0.25) is 5.78 Å². The highest BCUT2D eigenvalue weighted by Gasteiger charge is 2.29. The molecule has 1 aliphatic heterocycles. The molecule has 0 saturated heterocycles. The van der Waals surface area contributed by atoms with Crippen molar-refractivity contribution >= 4 is 11.5 Å². The zero-order chi connectivity index (χ0) is 13.1. The SMILES string of the molecule is O=C(c1ccccc1)C1CC(c2ccccc2)=NO1. The van der Waals surface area contributed by atoms with Crippen LogP contribution in [0.1, 0.15) is 22.3 Å². The molecule has 0 spiro atoms. The topological polar surface area (TPSA) is 38.7 Å². The van der Waals surface area contributed by atoms with Crippen LogP contribution in [-0.4, -0.2) is 17.6 Å². The summed E-state index contributed by atoms with van der Waals surface area (Å²) in [6.07, 6.45) is 0.0233. The highest BCUT2D eigenvalue weighted by Crippen LogP contribution is 2.19. The summed E-state index contributed by atoms with van der Waals surface area (Å²) >= 11 is 0. The van der Waals surface area contributed by atoms with E-state index in [-0.39, 0.29) is 5.78 Å². The van der Waals surface area contributed by atoms with Crippen molar-refractivity contribution in [2.75, 3.05) is 0 Å². The molecule has 0 saturated carbocycles. The average molecular weight is 251 g/mol. The summed E-state index contributed by atoms with van der Waals surface area (Å²) in [7, 11) is 0. The largest absolute Gasteiger partial charge is 0.383 e. The first-order valence-electron chi connectivity index (χ1n) is 6.22. The second-order valence-corrected chi connectivity index (χ2v) is 4.43. The lowest BCUT2D eigenvalue weighted by molar-refractivity contribution is 0.0556. The first kappa shape index (κ1) is 11.7. The zero-order valence-corrected chi connectivity index (χ0v) is 10.3. The Bertz CT molecular complexity index is 605. The summed E-state index contributed by atoms with van der Waals surface area (Å²) in [6.45, 7) is 0. The van der Waals surface area contributed by atoms with Crippen LogP contribution in [0.25, 0.3) is 0 Å². The molecule has 1 aliphatic rings. The van der Waals surface area contributed by atoms with Gasteiger partial charge in [-0.05, 0) is 5.56 Å². The van der Waals surface area contributed by atoms with Gasteiger partial charge in [-0.3, -0.25) is 4.79 Å². The highest BCUT2D eigenvalue weighted by molar-refractivity contribution is 6.07. The standard InChI is InChI=1S/C16H13NO2/c18-16(13-9-5-2-6-10-13)15-11-14(17-19-15)12-7-3-1-4-8-12/h1-10,15H,11H2. The monoisotopic (exact) mass is 251 g/mol. The van der Waals surface area contributed by atoms with E-state index < -0.39 is 6.10 Å². The molecular formula is C16H13NO2. The third kappa shape index (κ3) is 2.40. The number of Topliss-reactive ketones (excluding diaryl/α,β-unsaturated/α-hetero) is 1. The Labute approximate surface area is 111 Å². The van der Waals surface area contributed by atoms with Crippen molar-refractivity contribution in [3.8, 4) is 0 Å². The summed E-state index contributed by atoms with van der Waals surface area (Å²) in [4.78, 5) is 17.5. The number of carbonyl (C=O) groups excluding carboxylic acids is 1. The minimum Gasteiger partial charge on any atom is -0.383 e. The smallest absolute Gasteiger partial charge is 0.206 e. The lowest BCUT2D eigenvalue weighted by Crippen LogP contribution is -2.21. The van der Waals surface area contributed by atoms with E-state index in [1.807, 2.05) is 48.5 Å². The molecule has 2 aromatic rings. The van der Waals surface area contributed by atoms with Gasteiger partial charge in [-0.2, -0.15) is 0 Å². The van der Waals surface area contributed by atoms with E-state index in [0.717, 1.165) is 11.3 Å². The van der Waals surface area contributed by atoms with Crippen molar-refractivity contribution in [1.82, 2.24) is 0 Å². The van der Waals surface area contributed by atoms with Crippen molar-refractivity contribution in [1.29, 1.82) is 0 Å². The van der Waals surface area contributed by atoms with Gasteiger partial charge in [-0.1, -0.05) is 65.8 Å². The molecule has 0 N–H and O–H groups in total. The van der Waals surface area contributed by atoms with E-state index in [4.69, 9.17) is 4.84 Å². The molecule has 3 heteroatoms. The van der Waals surface area contributed by atoms with Crippen LogP contribution in [0, 0.1) is 0 Å². The zero-order valence-electron chi connectivity index (χ0n) is 10.3. The van der Waals surface area contributed by atoms with Crippen molar-refractivity contribution < 1.29 is 9.63 Å². The van der Waals surface area contributed by atoms with Gasteiger partial charge < -0.3 is 4.84 Å². The Hall–Kier alpha value is -2.42. The van der Waals surface area contributed by atoms with Crippen LogP contribution in [0.5, 0.6) is 0 Å². The fraction of sp³-hybridized carbons (Fsp3) is 0.125. The second kappa shape index (κ2) is 5.06. The molecule has 19 heavy (non-hydrogen) atoms. The van der Waals surface area contributed by atoms with Gasteiger partial charge in [0.05, 0.1) is 5.71 Å². The normalized spacial score (nSPS) is 17.7. The Morgan fingerprint density at radius 1 is 1.00 bits per heavy atom. The maximum absolute atomic E-state index is 12.2. The first-order valence-corrected chi connectivity index (χ1v) is 6.22. The van der Waals surface area contributed by atoms with E-state index in [2.05, 4.69) is 5.16 Å². The van der Waals surface area contributed by atoms with Crippen molar-refractivity contribution in [3.05, 3.63) is 71.8 Å². The van der Waals surface area contributed by atoms with Crippen LogP contribution >= 0.6 is 0 Å². The number of ketones is 1.